The summed E-state index contributed by atoms with van der Waals surface area (Å²) in [6, 6.07) is 23.7. The Kier molecular flexibility index (Phi) is 7.12. The van der Waals surface area contributed by atoms with Crippen molar-refractivity contribution in [3.8, 4) is 5.75 Å². The van der Waals surface area contributed by atoms with E-state index in [-0.39, 0.29) is 5.91 Å². The van der Waals surface area contributed by atoms with Crippen molar-refractivity contribution in [2.45, 2.75) is 6.61 Å². The minimum Gasteiger partial charge on any atom is -0.488 e. The molecule has 0 unspecified atom stereocenters. The molecule has 1 heterocycles. The predicted molar refractivity (Wildman–Crippen MR) is 145 cm³/mol. The molecule has 0 atom stereocenters. The summed E-state index contributed by atoms with van der Waals surface area (Å²) < 4.78 is 8.71. The van der Waals surface area contributed by atoms with Crippen LogP contribution in [0.1, 0.15) is 11.1 Å². The van der Waals surface area contributed by atoms with Crippen LogP contribution in [0.4, 0.5) is 5.69 Å². The lowest BCUT2D eigenvalue weighted by Gasteiger charge is -2.13. The van der Waals surface area contributed by atoms with Crippen molar-refractivity contribution in [3.63, 3.8) is 0 Å². The van der Waals surface area contributed by atoms with Gasteiger partial charge in [-0.15, -0.1) is 0 Å². The summed E-state index contributed by atoms with van der Waals surface area (Å²) >= 11 is 11.3. The molecular formula is C23H15I2NO2S2. The molecule has 3 nitrogen and oxygen atoms in total. The molecule has 1 aliphatic heterocycles. The molecule has 0 N–H and O–H groups in total. The third kappa shape index (κ3) is 5.06. The number of carbonyl (C=O) groups is 1. The SMILES string of the molecule is O=C1/C(=C\c2ccc(OCc3ccc(I)cc3)c(I)c2)SC(=S)N1c1ccccc1. The van der Waals surface area contributed by atoms with Crippen molar-refractivity contribution in [3.05, 3.63) is 96.0 Å². The molecule has 1 saturated heterocycles. The number of halogens is 2. The third-order valence-electron chi connectivity index (χ3n) is 4.37. The third-order valence-corrected chi connectivity index (χ3v) is 7.23. The monoisotopic (exact) mass is 655 g/mol. The topological polar surface area (TPSA) is 29.5 Å². The minimum absolute atomic E-state index is 0.0924. The van der Waals surface area contributed by atoms with Gasteiger partial charge in [0.05, 0.1) is 14.2 Å². The maximum atomic E-state index is 12.9. The number of thiocarbonyl (C=S) groups is 1. The Hall–Kier alpha value is -1.43. The van der Waals surface area contributed by atoms with Gasteiger partial charge in [-0.25, -0.2) is 0 Å². The van der Waals surface area contributed by atoms with E-state index >= 15 is 0 Å². The van der Waals surface area contributed by atoms with Crippen LogP contribution in [-0.2, 0) is 11.4 Å². The number of rotatable bonds is 5. The van der Waals surface area contributed by atoms with Crippen LogP contribution in [0.3, 0.4) is 0 Å². The van der Waals surface area contributed by atoms with Crippen LogP contribution in [0.15, 0.2) is 77.7 Å². The van der Waals surface area contributed by atoms with Gasteiger partial charge in [-0.3, -0.25) is 9.69 Å². The van der Waals surface area contributed by atoms with Gasteiger partial charge in [0.15, 0.2) is 4.32 Å². The zero-order valence-corrected chi connectivity index (χ0v) is 21.5. The molecule has 7 heteroatoms. The Balaban J connectivity index is 1.49. The van der Waals surface area contributed by atoms with Crippen LogP contribution in [0.2, 0.25) is 0 Å². The molecular weight excluding hydrogens is 640 g/mol. The van der Waals surface area contributed by atoms with Gasteiger partial charge in [0.25, 0.3) is 5.91 Å². The molecule has 1 aliphatic rings. The largest absolute Gasteiger partial charge is 0.488 e. The molecule has 0 aromatic heterocycles. The van der Waals surface area contributed by atoms with E-state index in [0.717, 1.165) is 26.1 Å². The Bertz CT molecular complexity index is 1130. The first kappa shape index (κ1) is 21.8. The second-order valence-corrected chi connectivity index (χ2v) is 10.5. The molecule has 4 rings (SSSR count). The van der Waals surface area contributed by atoms with Gasteiger partial charge in [-0.2, -0.15) is 0 Å². The van der Waals surface area contributed by atoms with E-state index in [4.69, 9.17) is 17.0 Å². The van der Waals surface area contributed by atoms with Gasteiger partial charge in [-0.1, -0.05) is 60.4 Å². The highest BCUT2D eigenvalue weighted by molar-refractivity contribution is 14.1. The second kappa shape index (κ2) is 9.80. The summed E-state index contributed by atoms with van der Waals surface area (Å²) in [6.45, 7) is 0.516. The smallest absolute Gasteiger partial charge is 0.270 e. The lowest BCUT2D eigenvalue weighted by Crippen LogP contribution is -2.27. The highest BCUT2D eigenvalue weighted by atomic mass is 127. The first-order chi connectivity index (χ1) is 14.5. The van der Waals surface area contributed by atoms with Gasteiger partial charge in [-0.05, 0) is 98.8 Å². The fourth-order valence-electron chi connectivity index (χ4n) is 2.88. The van der Waals surface area contributed by atoms with Gasteiger partial charge in [0.2, 0.25) is 0 Å². The van der Waals surface area contributed by atoms with Crippen molar-refractivity contribution in [1.82, 2.24) is 0 Å². The summed E-state index contributed by atoms with van der Waals surface area (Å²) in [6.07, 6.45) is 1.88. The van der Waals surface area contributed by atoms with Gasteiger partial charge >= 0.3 is 0 Å². The standard InChI is InChI=1S/C23H15I2NO2S2/c24-17-9-6-15(7-10-17)14-28-20-11-8-16(12-19(20)25)13-21-22(27)26(23(29)30-21)18-4-2-1-3-5-18/h1-13H,14H2/b21-13+. The van der Waals surface area contributed by atoms with E-state index in [1.165, 1.54) is 15.3 Å². The molecule has 0 saturated carbocycles. The van der Waals surface area contributed by atoms with E-state index in [0.29, 0.717) is 15.8 Å². The number of thioether (sulfide) groups is 1. The van der Waals surface area contributed by atoms with Crippen molar-refractivity contribution in [1.29, 1.82) is 0 Å². The van der Waals surface area contributed by atoms with Crippen LogP contribution < -0.4 is 9.64 Å². The Morgan fingerprint density at radius 2 is 1.73 bits per heavy atom. The zero-order chi connectivity index (χ0) is 21.1. The summed E-state index contributed by atoms with van der Waals surface area (Å²) in [5.41, 5.74) is 2.85. The lowest BCUT2D eigenvalue weighted by molar-refractivity contribution is -0.113. The molecule has 30 heavy (non-hydrogen) atoms. The van der Waals surface area contributed by atoms with E-state index < -0.39 is 0 Å². The summed E-state index contributed by atoms with van der Waals surface area (Å²) in [5.74, 6) is 0.730. The molecule has 0 radical (unpaired) electrons. The average Bonchev–Trinajstić information content (AvgIpc) is 3.02. The second-order valence-electron chi connectivity index (χ2n) is 6.46. The summed E-state index contributed by atoms with van der Waals surface area (Å²) in [5, 5.41) is 0. The van der Waals surface area contributed by atoms with E-state index in [1.807, 2.05) is 54.6 Å². The Labute approximate surface area is 212 Å². The van der Waals surface area contributed by atoms with Crippen molar-refractivity contribution >= 4 is 91.2 Å². The first-order valence-corrected chi connectivity index (χ1v) is 12.4. The molecule has 0 spiro atoms. The quantitative estimate of drug-likeness (QED) is 0.171. The normalized spacial score (nSPS) is 15.1. The van der Waals surface area contributed by atoms with E-state index in [2.05, 4.69) is 69.4 Å². The highest BCUT2D eigenvalue weighted by Gasteiger charge is 2.33. The highest BCUT2D eigenvalue weighted by Crippen LogP contribution is 2.36. The number of hydrogen-bond acceptors (Lipinski definition) is 4. The first-order valence-electron chi connectivity index (χ1n) is 9.01. The van der Waals surface area contributed by atoms with Crippen molar-refractivity contribution < 1.29 is 9.53 Å². The molecule has 150 valence electrons. The number of anilines is 1. The lowest BCUT2D eigenvalue weighted by atomic mass is 10.2. The van der Waals surface area contributed by atoms with Crippen molar-refractivity contribution in [2.75, 3.05) is 4.90 Å². The molecule has 0 bridgehead atoms. The number of ether oxygens (including phenoxy) is 1. The van der Waals surface area contributed by atoms with Crippen LogP contribution in [0, 0.1) is 7.14 Å². The Morgan fingerprint density at radius 1 is 1.00 bits per heavy atom. The maximum Gasteiger partial charge on any atom is 0.270 e. The van der Waals surface area contributed by atoms with E-state index in [9.17, 15) is 4.79 Å². The molecule has 3 aromatic carbocycles. The summed E-state index contributed by atoms with van der Waals surface area (Å²) in [7, 11) is 0. The fourth-order valence-corrected chi connectivity index (χ4v) is 5.24. The van der Waals surface area contributed by atoms with Crippen molar-refractivity contribution in [2.24, 2.45) is 0 Å². The van der Waals surface area contributed by atoms with Crippen LogP contribution in [0.25, 0.3) is 6.08 Å². The molecule has 1 fully saturated rings. The van der Waals surface area contributed by atoms with Crippen LogP contribution >= 0.6 is 69.2 Å². The predicted octanol–water partition coefficient (Wildman–Crippen LogP) is 6.88. The number of carbonyl (C=O) groups excluding carboxylic acids is 1. The number of hydrogen-bond donors (Lipinski definition) is 0. The summed E-state index contributed by atoms with van der Waals surface area (Å²) in [4.78, 5) is 15.1. The number of benzene rings is 3. The number of amides is 1. The van der Waals surface area contributed by atoms with Gasteiger partial charge < -0.3 is 4.74 Å². The maximum absolute atomic E-state index is 12.9. The van der Waals surface area contributed by atoms with Gasteiger partial charge in [0.1, 0.15) is 12.4 Å². The van der Waals surface area contributed by atoms with Crippen LogP contribution in [-0.4, -0.2) is 10.2 Å². The Morgan fingerprint density at radius 3 is 2.43 bits per heavy atom. The van der Waals surface area contributed by atoms with Gasteiger partial charge in [0, 0.05) is 3.57 Å². The minimum atomic E-state index is -0.0924. The average molecular weight is 655 g/mol. The zero-order valence-electron chi connectivity index (χ0n) is 15.5. The fraction of sp³-hybridized carbons (Fsp3) is 0.0435. The molecule has 0 aliphatic carbocycles. The number of nitrogens with zero attached hydrogens (tertiary/aromatic N) is 1. The van der Waals surface area contributed by atoms with Crippen LogP contribution in [0.5, 0.6) is 5.75 Å². The van der Waals surface area contributed by atoms with E-state index in [1.54, 1.807) is 4.90 Å². The molecule has 3 aromatic rings. The molecule has 1 amide bonds. The number of para-hydroxylation sites is 1.